The summed E-state index contributed by atoms with van der Waals surface area (Å²) < 4.78 is 5.37. The zero-order valence-corrected chi connectivity index (χ0v) is 15.5. The van der Waals surface area contributed by atoms with Crippen LogP contribution in [0.15, 0.2) is 24.3 Å². The van der Waals surface area contributed by atoms with Gasteiger partial charge in [0.05, 0.1) is 13.2 Å². The lowest BCUT2D eigenvalue weighted by atomic mass is 9.82. The van der Waals surface area contributed by atoms with Gasteiger partial charge < -0.3 is 20.3 Å². The third-order valence-electron chi connectivity index (χ3n) is 5.28. The first-order valence-corrected chi connectivity index (χ1v) is 9.64. The van der Waals surface area contributed by atoms with Crippen LogP contribution in [0.25, 0.3) is 0 Å². The molecule has 1 saturated heterocycles. The van der Waals surface area contributed by atoms with Gasteiger partial charge in [0, 0.05) is 31.0 Å². The fourth-order valence-electron chi connectivity index (χ4n) is 3.85. The van der Waals surface area contributed by atoms with E-state index in [-0.39, 0.29) is 0 Å². The lowest BCUT2D eigenvalue weighted by Crippen LogP contribution is -2.39. The second kappa shape index (κ2) is 9.03. The molecule has 1 saturated carbocycles. The maximum Gasteiger partial charge on any atom is 0.313 e. The predicted octanol–water partition coefficient (Wildman–Crippen LogP) is 2.40. The molecule has 26 heavy (non-hydrogen) atoms. The Morgan fingerprint density at radius 2 is 2.00 bits per heavy atom. The highest BCUT2D eigenvalue weighted by Crippen LogP contribution is 2.27. The van der Waals surface area contributed by atoms with Crippen molar-refractivity contribution in [2.24, 2.45) is 11.8 Å². The lowest BCUT2D eigenvalue weighted by molar-refractivity contribution is -0.136. The van der Waals surface area contributed by atoms with Crippen molar-refractivity contribution in [1.29, 1.82) is 0 Å². The van der Waals surface area contributed by atoms with Crippen LogP contribution in [0, 0.1) is 11.8 Å². The zero-order valence-electron chi connectivity index (χ0n) is 15.5. The Morgan fingerprint density at radius 3 is 2.77 bits per heavy atom. The van der Waals surface area contributed by atoms with Gasteiger partial charge in [-0.1, -0.05) is 25.8 Å². The minimum atomic E-state index is -0.604. The summed E-state index contributed by atoms with van der Waals surface area (Å²) in [7, 11) is 0. The second-order valence-electron chi connectivity index (χ2n) is 7.45. The van der Waals surface area contributed by atoms with Crippen LogP contribution < -0.4 is 15.5 Å². The number of ether oxygens (including phenoxy) is 1. The van der Waals surface area contributed by atoms with Crippen LogP contribution in [-0.4, -0.2) is 44.7 Å². The third kappa shape index (κ3) is 5.21. The molecule has 2 atom stereocenters. The van der Waals surface area contributed by atoms with Crippen molar-refractivity contribution in [1.82, 2.24) is 5.32 Å². The van der Waals surface area contributed by atoms with Crippen LogP contribution in [-0.2, 0) is 14.3 Å². The zero-order chi connectivity index (χ0) is 18.4. The van der Waals surface area contributed by atoms with E-state index in [2.05, 4.69) is 22.5 Å². The van der Waals surface area contributed by atoms with Crippen LogP contribution in [0.1, 0.15) is 32.6 Å². The van der Waals surface area contributed by atoms with Gasteiger partial charge in [0.15, 0.2) is 0 Å². The van der Waals surface area contributed by atoms with Crippen molar-refractivity contribution in [2.45, 2.75) is 32.6 Å². The Labute approximate surface area is 155 Å². The molecule has 2 unspecified atom stereocenters. The molecule has 2 amide bonds. The van der Waals surface area contributed by atoms with Crippen molar-refractivity contribution in [2.75, 3.05) is 43.1 Å². The highest BCUT2D eigenvalue weighted by atomic mass is 16.5. The average Bonchev–Trinajstić information content (AvgIpc) is 2.67. The van der Waals surface area contributed by atoms with Crippen molar-refractivity contribution in [3.05, 3.63) is 24.3 Å². The summed E-state index contributed by atoms with van der Waals surface area (Å²) in [5, 5.41) is 5.50. The molecule has 1 aromatic carbocycles. The van der Waals surface area contributed by atoms with Crippen LogP contribution in [0.4, 0.5) is 11.4 Å². The number of hydrogen-bond donors (Lipinski definition) is 2. The number of rotatable bonds is 4. The number of anilines is 2. The number of carbonyl (C=O) groups excluding carboxylic acids is 2. The Hall–Kier alpha value is -2.08. The Bertz CT molecular complexity index is 628. The van der Waals surface area contributed by atoms with Crippen molar-refractivity contribution >= 4 is 23.2 Å². The molecule has 1 aliphatic heterocycles. The van der Waals surface area contributed by atoms with Crippen molar-refractivity contribution in [3.8, 4) is 0 Å². The summed E-state index contributed by atoms with van der Waals surface area (Å²) in [6, 6.07) is 7.60. The first-order valence-electron chi connectivity index (χ1n) is 9.64. The summed E-state index contributed by atoms with van der Waals surface area (Å²) in [4.78, 5) is 26.5. The Balaban J connectivity index is 1.49. The molecule has 6 heteroatoms. The van der Waals surface area contributed by atoms with Gasteiger partial charge in [-0.2, -0.15) is 0 Å². The van der Waals surface area contributed by atoms with E-state index in [9.17, 15) is 9.59 Å². The Kier molecular flexibility index (Phi) is 6.50. The number of benzene rings is 1. The molecule has 1 aromatic rings. The number of nitrogens with zero attached hydrogens (tertiary/aromatic N) is 1. The van der Waals surface area contributed by atoms with Gasteiger partial charge in [0.25, 0.3) is 0 Å². The summed E-state index contributed by atoms with van der Waals surface area (Å²) in [6.07, 6.45) is 4.74. The number of nitrogens with one attached hydrogen (secondary N) is 2. The molecule has 0 aromatic heterocycles. The standard InChI is InChI=1S/C20H29N3O3/c1-15-4-2-5-16(12-15)14-21-19(24)20(25)22-17-6-3-7-18(13-17)23-8-10-26-11-9-23/h3,6-7,13,15-16H,2,4-5,8-12,14H2,1H3,(H,21,24)(H,22,25). The van der Waals surface area contributed by atoms with Gasteiger partial charge in [0.2, 0.25) is 0 Å². The maximum atomic E-state index is 12.2. The van der Waals surface area contributed by atoms with Crippen LogP contribution in [0.2, 0.25) is 0 Å². The van der Waals surface area contributed by atoms with Gasteiger partial charge in [0.1, 0.15) is 0 Å². The first kappa shape index (κ1) is 18.7. The molecule has 142 valence electrons. The monoisotopic (exact) mass is 359 g/mol. The quantitative estimate of drug-likeness (QED) is 0.810. The molecule has 3 rings (SSSR count). The van der Waals surface area contributed by atoms with Gasteiger partial charge in [-0.3, -0.25) is 9.59 Å². The third-order valence-corrected chi connectivity index (χ3v) is 5.28. The molecular formula is C20H29N3O3. The molecule has 1 heterocycles. The van der Waals surface area contributed by atoms with Gasteiger partial charge in [-0.15, -0.1) is 0 Å². The smallest absolute Gasteiger partial charge is 0.313 e. The van der Waals surface area contributed by atoms with Gasteiger partial charge >= 0.3 is 11.8 Å². The fourth-order valence-corrected chi connectivity index (χ4v) is 3.85. The van der Waals surface area contributed by atoms with E-state index in [1.807, 2.05) is 18.2 Å². The summed E-state index contributed by atoms with van der Waals surface area (Å²) in [5.41, 5.74) is 1.67. The molecule has 0 radical (unpaired) electrons. The first-order chi connectivity index (χ1) is 12.6. The number of morpholine rings is 1. The van der Waals surface area contributed by atoms with Gasteiger partial charge in [-0.25, -0.2) is 0 Å². The van der Waals surface area contributed by atoms with Crippen molar-refractivity contribution < 1.29 is 14.3 Å². The molecule has 2 aliphatic rings. The van der Waals surface area contributed by atoms with E-state index in [0.717, 1.165) is 31.6 Å². The number of hydrogen-bond acceptors (Lipinski definition) is 4. The molecule has 1 aliphatic carbocycles. The van der Waals surface area contributed by atoms with E-state index in [0.29, 0.717) is 37.3 Å². The highest BCUT2D eigenvalue weighted by molar-refractivity contribution is 6.39. The minimum absolute atomic E-state index is 0.486. The normalized spacial score (nSPS) is 23.3. The molecular weight excluding hydrogens is 330 g/mol. The highest BCUT2D eigenvalue weighted by Gasteiger charge is 2.21. The largest absolute Gasteiger partial charge is 0.378 e. The molecule has 0 spiro atoms. The van der Waals surface area contributed by atoms with E-state index in [4.69, 9.17) is 4.74 Å². The number of carbonyl (C=O) groups is 2. The summed E-state index contributed by atoms with van der Waals surface area (Å²) in [5.74, 6) is 0.0375. The van der Waals surface area contributed by atoms with E-state index in [1.54, 1.807) is 6.07 Å². The molecule has 6 nitrogen and oxygen atoms in total. The molecule has 0 bridgehead atoms. The van der Waals surface area contributed by atoms with Crippen LogP contribution in [0.3, 0.4) is 0 Å². The van der Waals surface area contributed by atoms with E-state index < -0.39 is 11.8 Å². The summed E-state index contributed by atoms with van der Waals surface area (Å²) in [6.45, 7) is 5.92. The topological polar surface area (TPSA) is 70.7 Å². The SMILES string of the molecule is CC1CCCC(CNC(=O)C(=O)Nc2cccc(N3CCOCC3)c2)C1. The van der Waals surface area contributed by atoms with Gasteiger partial charge in [-0.05, 0) is 42.9 Å². The predicted molar refractivity (Wildman–Crippen MR) is 102 cm³/mol. The molecule has 2 N–H and O–H groups in total. The van der Waals surface area contributed by atoms with Crippen LogP contribution >= 0.6 is 0 Å². The number of amides is 2. The minimum Gasteiger partial charge on any atom is -0.378 e. The van der Waals surface area contributed by atoms with Crippen LogP contribution in [0.5, 0.6) is 0 Å². The lowest BCUT2D eigenvalue weighted by Gasteiger charge is -2.29. The fraction of sp³-hybridized carbons (Fsp3) is 0.600. The molecule has 2 fully saturated rings. The van der Waals surface area contributed by atoms with E-state index in [1.165, 1.54) is 12.8 Å². The average molecular weight is 359 g/mol. The van der Waals surface area contributed by atoms with Crippen molar-refractivity contribution in [3.63, 3.8) is 0 Å². The summed E-state index contributed by atoms with van der Waals surface area (Å²) >= 11 is 0. The maximum absolute atomic E-state index is 12.2. The van der Waals surface area contributed by atoms with E-state index >= 15 is 0 Å². The Morgan fingerprint density at radius 1 is 1.19 bits per heavy atom. The second-order valence-corrected chi connectivity index (χ2v) is 7.45.